The summed E-state index contributed by atoms with van der Waals surface area (Å²) < 4.78 is 22.6. The maximum atomic E-state index is 10.8. The quantitative estimate of drug-likeness (QED) is 0.820. The number of benzene rings is 1. The van der Waals surface area contributed by atoms with Crippen molar-refractivity contribution < 1.29 is 8.42 Å². The van der Waals surface area contributed by atoms with Crippen LogP contribution in [0.15, 0.2) is 54.9 Å². The number of rotatable bonds is 1. The fraction of sp³-hybridized carbons (Fsp3) is 0.0909. The van der Waals surface area contributed by atoms with Crippen molar-refractivity contribution in [2.75, 3.05) is 12.0 Å². The van der Waals surface area contributed by atoms with E-state index in [0.717, 1.165) is 10.2 Å². The molecular weight excluding hydrogens is 224 g/mol. The van der Waals surface area contributed by atoms with E-state index in [0.29, 0.717) is 5.69 Å². The van der Waals surface area contributed by atoms with Gasteiger partial charge < -0.3 is 5.73 Å². The van der Waals surface area contributed by atoms with Crippen LogP contribution in [0.4, 0.5) is 5.69 Å². The van der Waals surface area contributed by atoms with Gasteiger partial charge >= 0.3 is 0 Å². The Hall–Kier alpha value is -1.75. The van der Waals surface area contributed by atoms with E-state index in [1.54, 1.807) is 0 Å². The van der Waals surface area contributed by atoms with Gasteiger partial charge in [0.25, 0.3) is 0 Å². The van der Waals surface area contributed by atoms with Gasteiger partial charge in [0.05, 0.1) is 11.9 Å². The molecule has 0 radical (unpaired) electrons. The molecule has 0 fully saturated rings. The minimum atomic E-state index is -3.15. The summed E-state index contributed by atoms with van der Waals surface area (Å²) >= 11 is 0. The molecule has 0 bridgehead atoms. The van der Waals surface area contributed by atoms with Crippen molar-refractivity contribution in [3.05, 3.63) is 54.9 Å². The van der Waals surface area contributed by atoms with Crippen LogP contribution in [0.5, 0.6) is 0 Å². The molecule has 2 rings (SSSR count). The number of nitrogen functional groups attached to an aromatic ring is 1. The Kier molecular flexibility index (Phi) is 4.13. The predicted octanol–water partition coefficient (Wildman–Crippen LogP) is 1.56. The zero-order chi connectivity index (χ0) is 12.0. The van der Waals surface area contributed by atoms with Crippen LogP contribution in [0.3, 0.4) is 0 Å². The van der Waals surface area contributed by atoms with E-state index >= 15 is 0 Å². The molecule has 0 saturated heterocycles. The first-order chi connectivity index (χ1) is 7.50. The molecule has 0 aliphatic heterocycles. The van der Waals surface area contributed by atoms with Gasteiger partial charge in [-0.3, -0.25) is 3.97 Å². The lowest BCUT2D eigenvalue weighted by Crippen LogP contribution is -2.06. The smallest absolute Gasteiger partial charge is 0.235 e. The minimum absolute atomic E-state index is 0.449. The van der Waals surface area contributed by atoms with Crippen molar-refractivity contribution in [3.8, 4) is 0 Å². The molecule has 0 unspecified atom stereocenters. The lowest BCUT2D eigenvalue weighted by Gasteiger charge is -1.94. The normalized spacial score (nSPS) is 10.3. The van der Waals surface area contributed by atoms with Crippen LogP contribution in [0.1, 0.15) is 0 Å². The fourth-order valence-corrected chi connectivity index (χ4v) is 1.58. The Morgan fingerprint density at radius 2 is 1.50 bits per heavy atom. The summed E-state index contributed by atoms with van der Waals surface area (Å²) in [6, 6.07) is 13.5. The van der Waals surface area contributed by atoms with Crippen molar-refractivity contribution in [1.29, 1.82) is 0 Å². The molecule has 1 aromatic carbocycles. The summed E-state index contributed by atoms with van der Waals surface area (Å²) in [5.74, 6) is 0. The molecule has 0 aliphatic carbocycles. The van der Waals surface area contributed by atoms with Gasteiger partial charge in [-0.1, -0.05) is 36.4 Å². The van der Waals surface area contributed by atoms with E-state index in [9.17, 15) is 8.42 Å². The molecule has 0 amide bonds. The monoisotopic (exact) mass is 238 g/mol. The minimum Gasteiger partial charge on any atom is -0.397 e. The molecule has 0 atom stereocenters. The largest absolute Gasteiger partial charge is 0.397 e. The van der Waals surface area contributed by atoms with E-state index in [1.807, 2.05) is 36.4 Å². The number of aromatic nitrogens is 1. The van der Waals surface area contributed by atoms with Gasteiger partial charge in [-0.05, 0) is 6.07 Å². The number of nitrogens with two attached hydrogens (primary N) is 1. The summed E-state index contributed by atoms with van der Waals surface area (Å²) in [7, 11) is -3.15. The molecule has 5 heteroatoms. The molecule has 0 aliphatic rings. The van der Waals surface area contributed by atoms with Crippen LogP contribution in [0.25, 0.3) is 0 Å². The Morgan fingerprint density at radius 1 is 1.06 bits per heavy atom. The number of anilines is 1. The molecule has 0 spiro atoms. The molecule has 86 valence electrons. The highest BCUT2D eigenvalue weighted by Crippen LogP contribution is 2.03. The number of hydrogen-bond donors (Lipinski definition) is 1. The average molecular weight is 238 g/mol. The van der Waals surface area contributed by atoms with Crippen molar-refractivity contribution in [3.63, 3.8) is 0 Å². The SMILES string of the molecule is CS(=O)(=O)n1ccc(N)c1.c1ccccc1. The summed E-state index contributed by atoms with van der Waals surface area (Å²) in [6.45, 7) is 0. The second kappa shape index (κ2) is 5.37. The molecule has 1 aromatic heterocycles. The fourth-order valence-electron chi connectivity index (χ4n) is 0.984. The first-order valence-electron chi connectivity index (χ1n) is 4.64. The van der Waals surface area contributed by atoms with Crippen LogP contribution in [-0.4, -0.2) is 18.6 Å². The summed E-state index contributed by atoms with van der Waals surface area (Å²) in [5, 5.41) is 0. The molecule has 1 heterocycles. The van der Waals surface area contributed by atoms with Crippen molar-refractivity contribution in [2.24, 2.45) is 0 Å². The van der Waals surface area contributed by atoms with Crippen molar-refractivity contribution in [2.45, 2.75) is 0 Å². The second-order valence-electron chi connectivity index (χ2n) is 3.19. The van der Waals surface area contributed by atoms with Crippen molar-refractivity contribution in [1.82, 2.24) is 3.97 Å². The third-order valence-electron chi connectivity index (χ3n) is 1.74. The van der Waals surface area contributed by atoms with E-state index in [1.165, 1.54) is 18.5 Å². The molecular formula is C11H14N2O2S. The van der Waals surface area contributed by atoms with Crippen LogP contribution in [0, 0.1) is 0 Å². The molecule has 2 aromatic rings. The van der Waals surface area contributed by atoms with Crippen LogP contribution >= 0.6 is 0 Å². The third kappa shape index (κ3) is 4.18. The average Bonchev–Trinajstić information content (AvgIpc) is 2.68. The van der Waals surface area contributed by atoms with Gasteiger partial charge in [0, 0.05) is 12.4 Å². The van der Waals surface area contributed by atoms with E-state index < -0.39 is 10.0 Å². The molecule has 16 heavy (non-hydrogen) atoms. The van der Waals surface area contributed by atoms with E-state index in [2.05, 4.69) is 0 Å². The first-order valence-corrected chi connectivity index (χ1v) is 6.49. The van der Waals surface area contributed by atoms with E-state index in [4.69, 9.17) is 5.73 Å². The topological polar surface area (TPSA) is 65.1 Å². The Bertz CT molecular complexity index is 491. The van der Waals surface area contributed by atoms with E-state index in [-0.39, 0.29) is 0 Å². The van der Waals surface area contributed by atoms with Crippen LogP contribution in [0.2, 0.25) is 0 Å². The van der Waals surface area contributed by atoms with Gasteiger partial charge in [-0.25, -0.2) is 8.42 Å². The van der Waals surface area contributed by atoms with Crippen LogP contribution < -0.4 is 5.73 Å². The van der Waals surface area contributed by atoms with Gasteiger partial charge in [0.15, 0.2) is 0 Å². The van der Waals surface area contributed by atoms with Gasteiger partial charge in [0.1, 0.15) is 0 Å². The highest BCUT2D eigenvalue weighted by Gasteiger charge is 2.02. The maximum absolute atomic E-state index is 10.8. The summed E-state index contributed by atoms with van der Waals surface area (Å²) in [5.41, 5.74) is 5.74. The maximum Gasteiger partial charge on any atom is 0.235 e. The highest BCUT2D eigenvalue weighted by molar-refractivity contribution is 7.89. The predicted molar refractivity (Wildman–Crippen MR) is 65.5 cm³/mol. The number of hydrogen-bond acceptors (Lipinski definition) is 3. The van der Waals surface area contributed by atoms with Gasteiger partial charge in [-0.15, -0.1) is 0 Å². The standard InChI is InChI=1S/C6H6.C5H8N2O2S/c1-2-4-6-5-3-1;1-10(8,9)7-3-2-5(6)4-7/h1-6H;2-4H,6H2,1H3. The Labute approximate surface area is 95.4 Å². The molecule has 4 nitrogen and oxygen atoms in total. The number of nitrogens with zero attached hydrogens (tertiary/aromatic N) is 1. The van der Waals surface area contributed by atoms with Gasteiger partial charge in [-0.2, -0.15) is 0 Å². The molecule has 2 N–H and O–H groups in total. The zero-order valence-electron chi connectivity index (χ0n) is 8.95. The highest BCUT2D eigenvalue weighted by atomic mass is 32.2. The van der Waals surface area contributed by atoms with Gasteiger partial charge in [0.2, 0.25) is 10.0 Å². The lowest BCUT2D eigenvalue weighted by atomic mass is 10.4. The first kappa shape index (κ1) is 12.3. The molecule has 0 saturated carbocycles. The zero-order valence-corrected chi connectivity index (χ0v) is 9.76. The second-order valence-corrected chi connectivity index (χ2v) is 5.08. The van der Waals surface area contributed by atoms with Crippen molar-refractivity contribution >= 4 is 15.7 Å². The Morgan fingerprint density at radius 3 is 1.69 bits per heavy atom. The van der Waals surface area contributed by atoms with Crippen LogP contribution in [-0.2, 0) is 10.0 Å². The summed E-state index contributed by atoms with van der Waals surface area (Å²) in [4.78, 5) is 0. The summed E-state index contributed by atoms with van der Waals surface area (Å²) in [6.07, 6.45) is 3.88. The Balaban J connectivity index is 0.000000181. The third-order valence-corrected chi connectivity index (χ3v) is 2.73. The lowest BCUT2D eigenvalue weighted by molar-refractivity contribution is 0.593.